The second kappa shape index (κ2) is 6.40. The van der Waals surface area contributed by atoms with Crippen molar-refractivity contribution < 1.29 is 14.7 Å². The summed E-state index contributed by atoms with van der Waals surface area (Å²) in [6.45, 7) is 0.433. The molecule has 2 amide bonds. The Kier molecular flexibility index (Phi) is 4.59. The molecule has 0 spiro atoms. The smallest absolute Gasteiger partial charge is 0.331 e. The van der Waals surface area contributed by atoms with Crippen molar-refractivity contribution in [3.05, 3.63) is 40.3 Å². The van der Waals surface area contributed by atoms with E-state index in [1.165, 1.54) is 15.8 Å². The summed E-state index contributed by atoms with van der Waals surface area (Å²) < 4.78 is 1.49. The summed E-state index contributed by atoms with van der Waals surface area (Å²) in [7, 11) is 3.31. The van der Waals surface area contributed by atoms with Crippen molar-refractivity contribution in [3.63, 3.8) is 0 Å². The van der Waals surface area contributed by atoms with Gasteiger partial charge in [0.15, 0.2) is 6.04 Å². The van der Waals surface area contributed by atoms with Crippen LogP contribution in [0, 0.1) is 0 Å². The summed E-state index contributed by atoms with van der Waals surface area (Å²) in [5, 5.41) is 17.6. The number of urea groups is 1. The summed E-state index contributed by atoms with van der Waals surface area (Å²) >= 11 is 1.54. The molecule has 0 aromatic carbocycles. The van der Waals surface area contributed by atoms with Crippen molar-refractivity contribution in [2.24, 2.45) is 7.05 Å². The van der Waals surface area contributed by atoms with Gasteiger partial charge in [-0.1, -0.05) is 6.07 Å². The third kappa shape index (κ3) is 3.82. The fourth-order valence-electron chi connectivity index (χ4n) is 1.82. The molecule has 0 fully saturated rings. The van der Waals surface area contributed by atoms with E-state index in [-0.39, 0.29) is 0 Å². The number of nitrogens with zero attached hydrogens (tertiary/aromatic N) is 3. The minimum atomic E-state index is -1.12. The van der Waals surface area contributed by atoms with Crippen molar-refractivity contribution in [3.8, 4) is 0 Å². The fourth-order valence-corrected chi connectivity index (χ4v) is 2.58. The highest BCUT2D eigenvalue weighted by atomic mass is 32.1. The van der Waals surface area contributed by atoms with Gasteiger partial charge in [0.25, 0.3) is 0 Å². The minimum absolute atomic E-state index is 0.433. The quantitative estimate of drug-likeness (QED) is 0.875. The number of carbonyl (C=O) groups is 2. The van der Waals surface area contributed by atoms with Gasteiger partial charge in [0.05, 0.1) is 12.7 Å². The summed E-state index contributed by atoms with van der Waals surface area (Å²) in [6, 6.07) is 2.27. The number of amides is 2. The Morgan fingerprint density at radius 3 is 2.86 bits per heavy atom. The maximum absolute atomic E-state index is 12.1. The van der Waals surface area contributed by atoms with Crippen molar-refractivity contribution in [1.29, 1.82) is 0 Å². The molecule has 1 atom stereocenters. The van der Waals surface area contributed by atoms with Crippen LogP contribution in [0.15, 0.2) is 29.9 Å². The highest BCUT2D eigenvalue weighted by Crippen LogP contribution is 2.14. The Morgan fingerprint density at radius 2 is 2.33 bits per heavy atom. The third-order valence-corrected chi connectivity index (χ3v) is 3.75. The van der Waals surface area contributed by atoms with Gasteiger partial charge in [-0.05, 0) is 11.4 Å². The van der Waals surface area contributed by atoms with Gasteiger partial charge < -0.3 is 15.3 Å². The minimum Gasteiger partial charge on any atom is -0.479 e. The van der Waals surface area contributed by atoms with Gasteiger partial charge in [-0.2, -0.15) is 5.10 Å². The average molecular weight is 308 g/mol. The van der Waals surface area contributed by atoms with Gasteiger partial charge in [0, 0.05) is 30.7 Å². The zero-order valence-corrected chi connectivity index (χ0v) is 12.5. The number of nitrogens with one attached hydrogen (secondary N) is 1. The van der Waals surface area contributed by atoms with E-state index in [0.29, 0.717) is 12.1 Å². The molecule has 7 nitrogen and oxygen atoms in total. The van der Waals surface area contributed by atoms with E-state index >= 15 is 0 Å². The lowest BCUT2D eigenvalue weighted by atomic mass is 10.1. The van der Waals surface area contributed by atoms with E-state index in [1.807, 2.05) is 17.5 Å². The molecular formula is C13H16N4O3S. The third-order valence-electron chi connectivity index (χ3n) is 2.89. The van der Waals surface area contributed by atoms with Crippen LogP contribution >= 0.6 is 11.3 Å². The zero-order valence-electron chi connectivity index (χ0n) is 11.7. The fraction of sp³-hybridized carbons (Fsp3) is 0.308. The van der Waals surface area contributed by atoms with E-state index in [0.717, 1.165) is 4.88 Å². The molecule has 2 aromatic heterocycles. The normalized spacial score (nSPS) is 11.9. The number of carboxylic acids is 1. The molecule has 0 aliphatic rings. The molecule has 2 aromatic rings. The molecule has 0 aliphatic carbocycles. The lowest BCUT2D eigenvalue weighted by Crippen LogP contribution is -2.41. The first-order valence-corrected chi connectivity index (χ1v) is 7.10. The number of rotatable bonds is 5. The number of hydrogen-bond acceptors (Lipinski definition) is 4. The van der Waals surface area contributed by atoms with Gasteiger partial charge in [0.2, 0.25) is 0 Å². The van der Waals surface area contributed by atoms with E-state index in [1.54, 1.807) is 31.6 Å². The SMILES string of the molecule is CN(Cc1cccs1)C(=O)NC(C(=O)O)c1cnn(C)c1. The Bertz CT molecular complexity index is 623. The number of aliphatic carboxylic acids is 1. The van der Waals surface area contributed by atoms with Gasteiger partial charge in [0.1, 0.15) is 0 Å². The van der Waals surface area contributed by atoms with Crippen LogP contribution in [0.4, 0.5) is 4.79 Å². The maximum Gasteiger partial charge on any atom is 0.331 e. The standard InChI is InChI=1S/C13H16N4O3S/c1-16(8-10-4-3-5-21-10)13(20)15-11(12(18)19)9-6-14-17(2)7-9/h3-7,11H,8H2,1-2H3,(H,15,20)(H,18,19). The molecule has 0 saturated heterocycles. The molecule has 112 valence electrons. The van der Waals surface area contributed by atoms with Gasteiger partial charge in [-0.15, -0.1) is 11.3 Å². The van der Waals surface area contributed by atoms with Crippen LogP contribution in [0.25, 0.3) is 0 Å². The van der Waals surface area contributed by atoms with Gasteiger partial charge >= 0.3 is 12.0 Å². The molecule has 0 radical (unpaired) electrons. The Balaban J connectivity index is 2.03. The number of hydrogen-bond donors (Lipinski definition) is 2. The molecule has 0 saturated carbocycles. The lowest BCUT2D eigenvalue weighted by Gasteiger charge is -2.20. The van der Waals surface area contributed by atoms with Gasteiger partial charge in [-0.25, -0.2) is 9.59 Å². The highest BCUT2D eigenvalue weighted by Gasteiger charge is 2.24. The topological polar surface area (TPSA) is 87.5 Å². The number of aromatic nitrogens is 2. The van der Waals surface area contributed by atoms with Crippen LogP contribution < -0.4 is 5.32 Å². The number of thiophene rings is 1. The van der Waals surface area contributed by atoms with E-state index in [9.17, 15) is 14.7 Å². The molecule has 0 aliphatic heterocycles. The predicted octanol–water partition coefficient (Wildman–Crippen LogP) is 1.45. The highest BCUT2D eigenvalue weighted by molar-refractivity contribution is 7.09. The zero-order chi connectivity index (χ0) is 15.4. The average Bonchev–Trinajstić information content (AvgIpc) is 3.06. The second-order valence-electron chi connectivity index (χ2n) is 4.60. The number of carboxylic acid groups (broad SMARTS) is 1. The van der Waals surface area contributed by atoms with Gasteiger partial charge in [-0.3, -0.25) is 4.68 Å². The van der Waals surface area contributed by atoms with Crippen LogP contribution in [-0.2, 0) is 18.4 Å². The predicted molar refractivity (Wildman–Crippen MR) is 77.9 cm³/mol. The number of aryl methyl sites for hydroxylation is 1. The molecule has 2 rings (SSSR count). The monoisotopic (exact) mass is 308 g/mol. The van der Waals surface area contributed by atoms with Crippen molar-refractivity contribution >= 4 is 23.3 Å². The maximum atomic E-state index is 12.1. The molecule has 0 bridgehead atoms. The molecule has 21 heavy (non-hydrogen) atoms. The molecule has 2 heterocycles. The summed E-state index contributed by atoms with van der Waals surface area (Å²) in [6.07, 6.45) is 3.00. The van der Waals surface area contributed by atoms with Crippen LogP contribution in [0.3, 0.4) is 0 Å². The van der Waals surface area contributed by atoms with Crippen LogP contribution in [0.1, 0.15) is 16.5 Å². The Labute approximate surface area is 125 Å². The first kappa shape index (κ1) is 15.0. The second-order valence-corrected chi connectivity index (χ2v) is 5.64. The molecule has 8 heteroatoms. The van der Waals surface area contributed by atoms with E-state index in [4.69, 9.17) is 0 Å². The van der Waals surface area contributed by atoms with E-state index in [2.05, 4.69) is 10.4 Å². The van der Waals surface area contributed by atoms with Crippen LogP contribution in [-0.4, -0.2) is 38.8 Å². The summed E-state index contributed by atoms with van der Waals surface area (Å²) in [5.41, 5.74) is 0.433. The van der Waals surface area contributed by atoms with E-state index < -0.39 is 18.0 Å². The van der Waals surface area contributed by atoms with Crippen LogP contribution in [0.2, 0.25) is 0 Å². The largest absolute Gasteiger partial charge is 0.479 e. The van der Waals surface area contributed by atoms with Crippen molar-refractivity contribution in [2.75, 3.05) is 7.05 Å². The summed E-state index contributed by atoms with van der Waals surface area (Å²) in [4.78, 5) is 25.9. The number of carbonyl (C=O) groups excluding carboxylic acids is 1. The van der Waals surface area contributed by atoms with Crippen molar-refractivity contribution in [2.45, 2.75) is 12.6 Å². The van der Waals surface area contributed by atoms with Crippen molar-refractivity contribution in [1.82, 2.24) is 20.0 Å². The first-order chi connectivity index (χ1) is 9.97. The van der Waals surface area contributed by atoms with Crippen LogP contribution in [0.5, 0.6) is 0 Å². The Morgan fingerprint density at radius 1 is 1.57 bits per heavy atom. The summed E-state index contributed by atoms with van der Waals surface area (Å²) in [5.74, 6) is -1.12. The molecule has 2 N–H and O–H groups in total. The Hall–Kier alpha value is -2.35. The molecular weight excluding hydrogens is 292 g/mol. The first-order valence-electron chi connectivity index (χ1n) is 6.22. The molecule has 1 unspecified atom stereocenters. The lowest BCUT2D eigenvalue weighted by molar-refractivity contribution is -0.139.